The van der Waals surface area contributed by atoms with Gasteiger partial charge in [-0.15, -0.1) is 0 Å². The van der Waals surface area contributed by atoms with Crippen LogP contribution in [-0.2, 0) is 0 Å². The van der Waals surface area contributed by atoms with Gasteiger partial charge in [0.05, 0.1) is 0 Å². The monoisotopic (exact) mass is 394 g/mol. The van der Waals surface area contributed by atoms with Gasteiger partial charge in [-0.3, -0.25) is 14.5 Å². The Hall–Kier alpha value is -2.90. The summed E-state index contributed by atoms with van der Waals surface area (Å²) in [5, 5.41) is 3.37. The lowest BCUT2D eigenvalue weighted by Crippen LogP contribution is -2.49. The van der Waals surface area contributed by atoms with Crippen LogP contribution < -0.4 is 15.8 Å². The first kappa shape index (κ1) is 19.4. The molecule has 1 atom stereocenters. The fourth-order valence-electron chi connectivity index (χ4n) is 3.94. The third-order valence-electron chi connectivity index (χ3n) is 5.59. The zero-order valence-corrected chi connectivity index (χ0v) is 16.3. The number of nitrogens with one attached hydrogen (secondary N) is 1. The predicted molar refractivity (Wildman–Crippen MR) is 110 cm³/mol. The van der Waals surface area contributed by atoms with E-state index in [0.29, 0.717) is 28.7 Å². The number of ether oxygens (including phenoxy) is 1. The number of benzene rings is 2. The van der Waals surface area contributed by atoms with Gasteiger partial charge in [-0.2, -0.15) is 0 Å². The van der Waals surface area contributed by atoms with E-state index in [1.807, 2.05) is 4.90 Å². The van der Waals surface area contributed by atoms with Crippen molar-refractivity contribution in [3.05, 3.63) is 59.7 Å². The standard InChI is InChI=1S/C22H26N4O3/c23-21(27)16-1-5-19(6-2-16)29-20-7-3-17(4-8-20)22(28)26-12-9-18(15-26)25-13-10-24-11-14-25/h1-8,18,24H,9-15H2,(H2,23,27). The summed E-state index contributed by atoms with van der Waals surface area (Å²) < 4.78 is 5.78. The molecular formula is C22H26N4O3. The summed E-state index contributed by atoms with van der Waals surface area (Å²) >= 11 is 0. The quantitative estimate of drug-likeness (QED) is 0.806. The van der Waals surface area contributed by atoms with Gasteiger partial charge in [-0.1, -0.05) is 0 Å². The number of carbonyl (C=O) groups excluding carboxylic acids is 2. The Kier molecular flexibility index (Phi) is 5.78. The second-order valence-electron chi connectivity index (χ2n) is 7.49. The molecule has 152 valence electrons. The molecule has 7 nitrogen and oxygen atoms in total. The van der Waals surface area contributed by atoms with E-state index < -0.39 is 5.91 Å². The van der Waals surface area contributed by atoms with Crippen molar-refractivity contribution < 1.29 is 14.3 Å². The van der Waals surface area contributed by atoms with Crippen molar-refractivity contribution in [1.82, 2.24) is 15.1 Å². The average molecular weight is 394 g/mol. The van der Waals surface area contributed by atoms with Gasteiger partial charge in [0.25, 0.3) is 5.91 Å². The molecule has 2 aromatic rings. The number of hydrogen-bond donors (Lipinski definition) is 2. The van der Waals surface area contributed by atoms with E-state index in [-0.39, 0.29) is 5.91 Å². The van der Waals surface area contributed by atoms with Gasteiger partial charge >= 0.3 is 0 Å². The summed E-state index contributed by atoms with van der Waals surface area (Å²) in [5.41, 5.74) is 6.35. The van der Waals surface area contributed by atoms with E-state index in [9.17, 15) is 9.59 Å². The fourth-order valence-corrected chi connectivity index (χ4v) is 3.94. The van der Waals surface area contributed by atoms with Crippen LogP contribution in [0.1, 0.15) is 27.1 Å². The number of amides is 2. The molecule has 2 fully saturated rings. The highest BCUT2D eigenvalue weighted by molar-refractivity contribution is 5.94. The number of carbonyl (C=O) groups is 2. The van der Waals surface area contributed by atoms with Crippen molar-refractivity contribution in [2.24, 2.45) is 5.73 Å². The predicted octanol–water partition coefficient (Wildman–Crippen LogP) is 1.70. The molecule has 0 radical (unpaired) electrons. The lowest BCUT2D eigenvalue weighted by atomic mass is 10.2. The number of primary amides is 1. The smallest absolute Gasteiger partial charge is 0.253 e. The van der Waals surface area contributed by atoms with Crippen molar-refractivity contribution in [3.8, 4) is 11.5 Å². The van der Waals surface area contributed by atoms with E-state index in [4.69, 9.17) is 10.5 Å². The van der Waals surface area contributed by atoms with Crippen molar-refractivity contribution in [2.75, 3.05) is 39.3 Å². The zero-order chi connectivity index (χ0) is 20.2. The minimum atomic E-state index is -0.472. The van der Waals surface area contributed by atoms with Crippen LogP contribution in [0.4, 0.5) is 0 Å². The Labute approximate surface area is 170 Å². The van der Waals surface area contributed by atoms with E-state index in [1.165, 1.54) is 0 Å². The molecule has 7 heteroatoms. The molecule has 4 rings (SSSR count). The average Bonchev–Trinajstić information content (AvgIpc) is 3.25. The minimum Gasteiger partial charge on any atom is -0.457 e. The Morgan fingerprint density at radius 1 is 0.897 bits per heavy atom. The number of hydrogen-bond acceptors (Lipinski definition) is 5. The van der Waals surface area contributed by atoms with Crippen LogP contribution in [0.15, 0.2) is 48.5 Å². The summed E-state index contributed by atoms with van der Waals surface area (Å²) in [6, 6.07) is 14.3. The van der Waals surface area contributed by atoms with Crippen molar-refractivity contribution in [2.45, 2.75) is 12.5 Å². The molecule has 2 amide bonds. The first-order valence-electron chi connectivity index (χ1n) is 10.0. The van der Waals surface area contributed by atoms with E-state index in [1.54, 1.807) is 48.5 Å². The highest BCUT2D eigenvalue weighted by atomic mass is 16.5. The zero-order valence-electron chi connectivity index (χ0n) is 16.3. The van der Waals surface area contributed by atoms with Crippen molar-refractivity contribution in [1.29, 1.82) is 0 Å². The summed E-state index contributed by atoms with van der Waals surface area (Å²) in [4.78, 5) is 28.4. The molecule has 2 saturated heterocycles. The lowest BCUT2D eigenvalue weighted by molar-refractivity contribution is 0.0773. The molecule has 29 heavy (non-hydrogen) atoms. The highest BCUT2D eigenvalue weighted by Crippen LogP contribution is 2.24. The molecule has 2 heterocycles. The van der Waals surface area contributed by atoms with Crippen LogP contribution in [-0.4, -0.2) is 66.9 Å². The summed E-state index contributed by atoms with van der Waals surface area (Å²) in [5.74, 6) is 0.835. The molecule has 0 aliphatic carbocycles. The second-order valence-corrected chi connectivity index (χ2v) is 7.49. The van der Waals surface area contributed by atoms with E-state index in [2.05, 4.69) is 10.2 Å². The Balaban J connectivity index is 1.35. The van der Waals surface area contributed by atoms with Gasteiger partial charge in [0.2, 0.25) is 5.91 Å². The maximum atomic E-state index is 12.9. The molecule has 2 aromatic carbocycles. The maximum Gasteiger partial charge on any atom is 0.253 e. The Morgan fingerprint density at radius 3 is 2.07 bits per heavy atom. The molecule has 2 aliphatic heterocycles. The van der Waals surface area contributed by atoms with Gasteiger partial charge in [-0.05, 0) is 55.0 Å². The summed E-state index contributed by atoms with van der Waals surface area (Å²) in [6.45, 7) is 5.76. The van der Waals surface area contributed by atoms with Crippen LogP contribution >= 0.6 is 0 Å². The molecular weight excluding hydrogens is 368 g/mol. The highest BCUT2D eigenvalue weighted by Gasteiger charge is 2.31. The lowest BCUT2D eigenvalue weighted by Gasteiger charge is -2.32. The molecule has 0 bridgehead atoms. The third-order valence-corrected chi connectivity index (χ3v) is 5.59. The fraction of sp³-hybridized carbons (Fsp3) is 0.364. The molecule has 1 unspecified atom stereocenters. The molecule has 0 aromatic heterocycles. The largest absolute Gasteiger partial charge is 0.457 e. The van der Waals surface area contributed by atoms with Gasteiger partial charge < -0.3 is 20.7 Å². The first-order chi connectivity index (χ1) is 14.1. The normalized spacial score (nSPS) is 19.9. The van der Waals surface area contributed by atoms with Crippen LogP contribution in [0.3, 0.4) is 0 Å². The van der Waals surface area contributed by atoms with Gasteiger partial charge in [-0.25, -0.2) is 0 Å². The van der Waals surface area contributed by atoms with Crippen molar-refractivity contribution in [3.63, 3.8) is 0 Å². The van der Waals surface area contributed by atoms with Crippen LogP contribution in [0.2, 0.25) is 0 Å². The van der Waals surface area contributed by atoms with Gasteiger partial charge in [0.15, 0.2) is 0 Å². The maximum absolute atomic E-state index is 12.9. The topological polar surface area (TPSA) is 87.9 Å². The minimum absolute atomic E-state index is 0.0694. The number of rotatable bonds is 5. The SMILES string of the molecule is NC(=O)c1ccc(Oc2ccc(C(=O)N3CCC(N4CCNCC4)C3)cc2)cc1. The van der Waals surface area contributed by atoms with Gasteiger partial charge in [0, 0.05) is 56.4 Å². The van der Waals surface area contributed by atoms with Gasteiger partial charge in [0.1, 0.15) is 11.5 Å². The number of piperazine rings is 1. The van der Waals surface area contributed by atoms with E-state index in [0.717, 1.165) is 45.7 Å². The molecule has 0 spiro atoms. The van der Waals surface area contributed by atoms with Crippen LogP contribution in [0.25, 0.3) is 0 Å². The molecule has 2 aliphatic rings. The molecule has 3 N–H and O–H groups in total. The first-order valence-corrected chi connectivity index (χ1v) is 10.0. The van der Waals surface area contributed by atoms with Crippen LogP contribution in [0, 0.1) is 0 Å². The summed E-state index contributed by atoms with van der Waals surface area (Å²) in [6.07, 6.45) is 1.04. The number of likely N-dealkylation sites (tertiary alicyclic amines) is 1. The van der Waals surface area contributed by atoms with E-state index >= 15 is 0 Å². The Bertz CT molecular complexity index is 861. The van der Waals surface area contributed by atoms with Crippen LogP contribution in [0.5, 0.6) is 11.5 Å². The third kappa shape index (κ3) is 4.58. The number of nitrogens with zero attached hydrogens (tertiary/aromatic N) is 2. The van der Waals surface area contributed by atoms with Crippen molar-refractivity contribution >= 4 is 11.8 Å². The molecule has 0 saturated carbocycles. The summed E-state index contributed by atoms with van der Waals surface area (Å²) in [7, 11) is 0. The number of nitrogens with two attached hydrogens (primary N) is 1. The Morgan fingerprint density at radius 2 is 1.48 bits per heavy atom. The second kappa shape index (κ2) is 8.63.